The number of benzene rings is 2. The third kappa shape index (κ3) is 4.64. The molecule has 190 valence electrons. The molecule has 0 aliphatic heterocycles. The van der Waals surface area contributed by atoms with E-state index >= 15 is 0 Å². The molecule has 9 nitrogen and oxygen atoms in total. The zero-order valence-electron chi connectivity index (χ0n) is 21.5. The van der Waals surface area contributed by atoms with E-state index in [-0.39, 0.29) is 24.6 Å². The molecular formula is C28H30N6O3. The molecule has 0 bridgehead atoms. The second-order valence-corrected chi connectivity index (χ2v) is 9.35. The maximum atomic E-state index is 13.7. The van der Waals surface area contributed by atoms with E-state index in [0.717, 1.165) is 46.1 Å². The summed E-state index contributed by atoms with van der Waals surface area (Å²) in [4.78, 5) is 36.0. The Labute approximate surface area is 214 Å². The lowest BCUT2D eigenvalue weighted by molar-refractivity contribution is -0.116. The van der Waals surface area contributed by atoms with Gasteiger partial charge in [-0.15, -0.1) is 0 Å². The van der Waals surface area contributed by atoms with Crippen LogP contribution < -0.4 is 10.9 Å². The lowest BCUT2D eigenvalue weighted by atomic mass is 10.1. The lowest BCUT2D eigenvalue weighted by Crippen LogP contribution is -2.26. The van der Waals surface area contributed by atoms with Gasteiger partial charge < -0.3 is 14.4 Å². The summed E-state index contributed by atoms with van der Waals surface area (Å²) in [5.74, 6) is 0.748. The van der Waals surface area contributed by atoms with Crippen LogP contribution in [0.25, 0.3) is 21.9 Å². The molecular weight excluding hydrogens is 468 g/mol. The minimum absolute atomic E-state index is 0.0251. The van der Waals surface area contributed by atoms with Gasteiger partial charge in [-0.1, -0.05) is 48.8 Å². The number of nitrogens with zero attached hydrogens (tertiary/aromatic N) is 5. The van der Waals surface area contributed by atoms with E-state index in [9.17, 15) is 9.59 Å². The molecule has 0 aliphatic carbocycles. The summed E-state index contributed by atoms with van der Waals surface area (Å²) in [5, 5.41) is 7.89. The Morgan fingerprint density at radius 3 is 2.76 bits per heavy atom. The Kier molecular flexibility index (Phi) is 6.60. The summed E-state index contributed by atoms with van der Waals surface area (Å²) in [7, 11) is 0. The SMILES string of the molecule is CCCc1noc(Cn2cnc3c4cc(C)ccc4n(CC(=O)Nc4c(C)cccc4CC)c3c2=O)n1. The van der Waals surface area contributed by atoms with Crippen LogP contribution in [0.1, 0.15) is 48.7 Å². The summed E-state index contributed by atoms with van der Waals surface area (Å²) in [6.07, 6.45) is 3.91. The summed E-state index contributed by atoms with van der Waals surface area (Å²) >= 11 is 0. The van der Waals surface area contributed by atoms with Crippen molar-refractivity contribution < 1.29 is 9.32 Å². The van der Waals surface area contributed by atoms with Crippen molar-refractivity contribution in [2.24, 2.45) is 0 Å². The second-order valence-electron chi connectivity index (χ2n) is 9.35. The maximum absolute atomic E-state index is 13.7. The monoisotopic (exact) mass is 498 g/mol. The molecule has 2 aromatic carbocycles. The minimum Gasteiger partial charge on any atom is -0.337 e. The van der Waals surface area contributed by atoms with Gasteiger partial charge in [0.2, 0.25) is 11.8 Å². The first-order valence-electron chi connectivity index (χ1n) is 12.6. The zero-order chi connectivity index (χ0) is 26.1. The predicted molar refractivity (Wildman–Crippen MR) is 143 cm³/mol. The number of anilines is 1. The molecule has 0 saturated heterocycles. The number of amides is 1. The van der Waals surface area contributed by atoms with Gasteiger partial charge in [-0.25, -0.2) is 4.98 Å². The van der Waals surface area contributed by atoms with Gasteiger partial charge in [-0.3, -0.25) is 14.2 Å². The lowest BCUT2D eigenvalue weighted by Gasteiger charge is -2.14. The van der Waals surface area contributed by atoms with Gasteiger partial charge in [-0.05, 0) is 49.9 Å². The number of nitrogens with one attached hydrogen (secondary N) is 1. The first-order chi connectivity index (χ1) is 17.9. The van der Waals surface area contributed by atoms with Crippen LogP contribution in [0.5, 0.6) is 0 Å². The van der Waals surface area contributed by atoms with E-state index in [4.69, 9.17) is 4.52 Å². The molecule has 1 N–H and O–H groups in total. The Morgan fingerprint density at radius 1 is 1.14 bits per heavy atom. The van der Waals surface area contributed by atoms with Crippen molar-refractivity contribution in [1.82, 2.24) is 24.3 Å². The summed E-state index contributed by atoms with van der Waals surface area (Å²) in [6.45, 7) is 8.14. The quantitative estimate of drug-likeness (QED) is 0.336. The van der Waals surface area contributed by atoms with Gasteiger partial charge in [0.25, 0.3) is 5.56 Å². The Bertz CT molecular complexity index is 1680. The third-order valence-electron chi connectivity index (χ3n) is 6.58. The number of hydrogen-bond acceptors (Lipinski definition) is 6. The standard InChI is InChI=1S/C28H30N6O3/c1-5-8-22-30-24(37-32-22)15-33-16-29-26-20-13-17(3)11-12-21(20)34(27(26)28(33)36)14-23(35)31-25-18(4)9-7-10-19(25)6-2/h7,9-13,16H,5-6,8,14-15H2,1-4H3,(H,31,35). The molecule has 1 amide bonds. The van der Waals surface area contributed by atoms with E-state index in [1.54, 1.807) is 4.57 Å². The van der Waals surface area contributed by atoms with Crippen LogP contribution >= 0.6 is 0 Å². The van der Waals surface area contributed by atoms with E-state index in [0.29, 0.717) is 29.2 Å². The average Bonchev–Trinajstić information content (AvgIpc) is 3.44. The molecule has 0 fully saturated rings. The molecule has 9 heteroatoms. The van der Waals surface area contributed by atoms with Crippen LogP contribution in [-0.2, 0) is 30.7 Å². The molecule has 0 saturated carbocycles. The number of aromatic nitrogens is 5. The fourth-order valence-electron chi connectivity index (χ4n) is 4.74. The smallest absolute Gasteiger partial charge is 0.278 e. The fourth-order valence-corrected chi connectivity index (χ4v) is 4.74. The number of carbonyl (C=O) groups is 1. The molecule has 0 unspecified atom stereocenters. The highest BCUT2D eigenvalue weighted by Crippen LogP contribution is 2.27. The first-order valence-corrected chi connectivity index (χ1v) is 12.6. The molecule has 0 aliphatic rings. The van der Waals surface area contributed by atoms with Crippen LogP contribution in [0.15, 0.2) is 52.0 Å². The maximum Gasteiger partial charge on any atom is 0.278 e. The fraction of sp³-hybridized carbons (Fsp3) is 0.321. The van der Waals surface area contributed by atoms with Gasteiger partial charge >= 0.3 is 0 Å². The van der Waals surface area contributed by atoms with Gasteiger partial charge in [0.15, 0.2) is 5.82 Å². The van der Waals surface area contributed by atoms with Crippen molar-refractivity contribution in [2.75, 3.05) is 5.32 Å². The number of carbonyl (C=O) groups excluding carboxylic acids is 1. The van der Waals surface area contributed by atoms with Gasteiger partial charge in [0.05, 0.1) is 11.8 Å². The first kappa shape index (κ1) is 24.4. The normalized spacial score (nSPS) is 11.5. The zero-order valence-corrected chi connectivity index (χ0v) is 21.5. The van der Waals surface area contributed by atoms with E-state index in [1.807, 2.05) is 57.2 Å². The Hall–Kier alpha value is -4.27. The van der Waals surface area contributed by atoms with Gasteiger partial charge in [0.1, 0.15) is 24.1 Å². The average molecular weight is 499 g/mol. The highest BCUT2D eigenvalue weighted by atomic mass is 16.5. The van der Waals surface area contributed by atoms with Crippen LogP contribution in [0.3, 0.4) is 0 Å². The Balaban J connectivity index is 1.57. The van der Waals surface area contributed by atoms with Gasteiger partial charge in [0, 0.05) is 17.5 Å². The van der Waals surface area contributed by atoms with Crippen LogP contribution in [0, 0.1) is 13.8 Å². The van der Waals surface area contributed by atoms with Crippen molar-refractivity contribution >= 4 is 33.5 Å². The van der Waals surface area contributed by atoms with Crippen LogP contribution in [0.4, 0.5) is 5.69 Å². The molecule has 0 atom stereocenters. The summed E-state index contributed by atoms with van der Waals surface area (Å²) in [5.41, 5.74) is 5.37. The van der Waals surface area contributed by atoms with E-state index in [2.05, 4.69) is 27.4 Å². The van der Waals surface area contributed by atoms with Crippen molar-refractivity contribution in [3.8, 4) is 0 Å². The predicted octanol–water partition coefficient (Wildman–Crippen LogP) is 4.55. The number of para-hydroxylation sites is 1. The molecule has 5 aromatic rings. The third-order valence-corrected chi connectivity index (χ3v) is 6.58. The Morgan fingerprint density at radius 2 is 1.97 bits per heavy atom. The largest absolute Gasteiger partial charge is 0.337 e. The van der Waals surface area contributed by atoms with Crippen molar-refractivity contribution in [3.05, 3.63) is 81.5 Å². The number of hydrogen-bond donors (Lipinski definition) is 1. The van der Waals surface area contributed by atoms with Crippen molar-refractivity contribution in [3.63, 3.8) is 0 Å². The highest BCUT2D eigenvalue weighted by molar-refractivity contribution is 6.07. The highest BCUT2D eigenvalue weighted by Gasteiger charge is 2.20. The van der Waals surface area contributed by atoms with Crippen molar-refractivity contribution in [2.45, 2.75) is 60.0 Å². The topological polar surface area (TPSA) is 108 Å². The summed E-state index contributed by atoms with van der Waals surface area (Å²) in [6, 6.07) is 11.9. The van der Waals surface area contributed by atoms with E-state index < -0.39 is 0 Å². The molecule has 37 heavy (non-hydrogen) atoms. The number of fused-ring (bicyclic) bond motifs is 3. The number of rotatable bonds is 8. The molecule has 3 aromatic heterocycles. The number of aryl methyl sites for hydroxylation is 4. The molecule has 5 rings (SSSR count). The van der Waals surface area contributed by atoms with Crippen molar-refractivity contribution in [1.29, 1.82) is 0 Å². The van der Waals surface area contributed by atoms with Gasteiger partial charge in [-0.2, -0.15) is 4.98 Å². The van der Waals surface area contributed by atoms with E-state index in [1.165, 1.54) is 10.9 Å². The second kappa shape index (κ2) is 10.0. The molecule has 0 radical (unpaired) electrons. The summed E-state index contributed by atoms with van der Waals surface area (Å²) < 4.78 is 8.54. The van der Waals surface area contributed by atoms with Crippen LogP contribution in [0.2, 0.25) is 0 Å². The van der Waals surface area contributed by atoms with Crippen LogP contribution in [-0.4, -0.2) is 30.2 Å². The minimum atomic E-state index is -0.271. The molecule has 0 spiro atoms. The molecule has 3 heterocycles.